The van der Waals surface area contributed by atoms with Gasteiger partial charge in [-0.1, -0.05) is 17.7 Å². The molecule has 0 bridgehead atoms. The second kappa shape index (κ2) is 4.86. The van der Waals surface area contributed by atoms with Crippen LogP contribution in [0.1, 0.15) is 16.8 Å². The Hall–Kier alpha value is -1.75. The molecule has 5 nitrogen and oxygen atoms in total. The standard InChI is InChI=1S/C12H14ClN3O2/c13-10-8(2-1-3-9(10)14)12(18)16-5-4-7(6-16)11(15)17/h1-3,7H,4-6,14H2,(H2,15,17). The molecule has 0 aromatic heterocycles. The normalized spacial score (nSPS) is 18.9. The molecule has 4 N–H and O–H groups in total. The summed E-state index contributed by atoms with van der Waals surface area (Å²) in [6, 6.07) is 4.93. The first-order valence-corrected chi connectivity index (χ1v) is 6.01. The molecule has 1 aliphatic rings. The lowest BCUT2D eigenvalue weighted by atomic mass is 10.1. The molecule has 1 saturated heterocycles. The first-order valence-electron chi connectivity index (χ1n) is 5.63. The fourth-order valence-corrected chi connectivity index (χ4v) is 2.27. The number of carbonyl (C=O) groups is 2. The number of nitrogen functional groups attached to an aromatic ring is 1. The van der Waals surface area contributed by atoms with Crippen LogP contribution in [0.25, 0.3) is 0 Å². The SMILES string of the molecule is NC(=O)C1CCN(C(=O)c2cccc(N)c2Cl)C1. The summed E-state index contributed by atoms with van der Waals surface area (Å²) in [5.41, 5.74) is 11.6. The summed E-state index contributed by atoms with van der Waals surface area (Å²) in [4.78, 5) is 24.9. The molecule has 96 valence electrons. The molecule has 1 unspecified atom stereocenters. The first kappa shape index (κ1) is 12.7. The van der Waals surface area contributed by atoms with E-state index in [0.29, 0.717) is 30.8 Å². The summed E-state index contributed by atoms with van der Waals surface area (Å²) in [7, 11) is 0. The van der Waals surface area contributed by atoms with Crippen LogP contribution in [-0.4, -0.2) is 29.8 Å². The fourth-order valence-electron chi connectivity index (χ4n) is 2.06. The van der Waals surface area contributed by atoms with Crippen LogP contribution in [0.3, 0.4) is 0 Å². The predicted molar refractivity (Wildman–Crippen MR) is 69.1 cm³/mol. The van der Waals surface area contributed by atoms with Crippen molar-refractivity contribution < 1.29 is 9.59 Å². The minimum atomic E-state index is -0.371. The van der Waals surface area contributed by atoms with E-state index in [-0.39, 0.29) is 22.8 Å². The Morgan fingerprint density at radius 2 is 2.11 bits per heavy atom. The Balaban J connectivity index is 2.18. The van der Waals surface area contributed by atoms with Gasteiger partial charge in [0, 0.05) is 13.1 Å². The van der Waals surface area contributed by atoms with Gasteiger partial charge < -0.3 is 16.4 Å². The molecule has 1 aromatic carbocycles. The zero-order valence-electron chi connectivity index (χ0n) is 9.73. The van der Waals surface area contributed by atoms with Gasteiger partial charge in [0.1, 0.15) is 0 Å². The van der Waals surface area contributed by atoms with Crippen molar-refractivity contribution >= 4 is 29.1 Å². The Kier molecular flexibility index (Phi) is 3.43. The number of nitrogens with two attached hydrogens (primary N) is 2. The quantitative estimate of drug-likeness (QED) is 0.779. The Labute approximate surface area is 110 Å². The summed E-state index contributed by atoms with van der Waals surface area (Å²) in [5, 5.41) is 0.255. The second-order valence-electron chi connectivity index (χ2n) is 4.35. The van der Waals surface area contributed by atoms with Gasteiger partial charge in [0.25, 0.3) is 5.91 Å². The van der Waals surface area contributed by atoms with E-state index < -0.39 is 0 Å². The monoisotopic (exact) mass is 267 g/mol. The van der Waals surface area contributed by atoms with Crippen molar-refractivity contribution in [2.24, 2.45) is 11.7 Å². The van der Waals surface area contributed by atoms with Crippen LogP contribution in [0.15, 0.2) is 18.2 Å². The number of carbonyl (C=O) groups excluding carboxylic acids is 2. The van der Waals surface area contributed by atoms with Crippen molar-refractivity contribution in [1.82, 2.24) is 4.90 Å². The van der Waals surface area contributed by atoms with Gasteiger partial charge in [0.2, 0.25) is 5.91 Å². The molecular formula is C12H14ClN3O2. The lowest BCUT2D eigenvalue weighted by Gasteiger charge is -2.17. The van der Waals surface area contributed by atoms with Crippen LogP contribution in [0.2, 0.25) is 5.02 Å². The maximum Gasteiger partial charge on any atom is 0.255 e. The number of halogens is 1. The minimum absolute atomic E-state index is 0.212. The molecule has 6 heteroatoms. The number of hydrogen-bond donors (Lipinski definition) is 2. The number of anilines is 1. The van der Waals surface area contributed by atoms with Gasteiger partial charge in [-0.05, 0) is 18.6 Å². The smallest absolute Gasteiger partial charge is 0.255 e. The van der Waals surface area contributed by atoms with Gasteiger partial charge in [-0.25, -0.2) is 0 Å². The summed E-state index contributed by atoms with van der Waals surface area (Å²) in [5.74, 6) is -0.853. The molecule has 0 saturated carbocycles. The highest BCUT2D eigenvalue weighted by atomic mass is 35.5. The van der Waals surface area contributed by atoms with Crippen molar-refractivity contribution in [2.45, 2.75) is 6.42 Å². The van der Waals surface area contributed by atoms with E-state index in [1.54, 1.807) is 23.1 Å². The summed E-state index contributed by atoms with van der Waals surface area (Å²) in [6.07, 6.45) is 0.598. The third-order valence-corrected chi connectivity index (χ3v) is 3.56. The van der Waals surface area contributed by atoms with Crippen LogP contribution >= 0.6 is 11.6 Å². The number of rotatable bonds is 2. The third-order valence-electron chi connectivity index (χ3n) is 3.14. The number of benzene rings is 1. The van der Waals surface area contributed by atoms with Gasteiger partial charge in [-0.2, -0.15) is 0 Å². The van der Waals surface area contributed by atoms with E-state index in [2.05, 4.69) is 0 Å². The highest BCUT2D eigenvalue weighted by molar-refractivity contribution is 6.36. The highest BCUT2D eigenvalue weighted by Crippen LogP contribution is 2.26. The van der Waals surface area contributed by atoms with E-state index in [1.807, 2.05) is 0 Å². The molecule has 0 aliphatic carbocycles. The zero-order valence-corrected chi connectivity index (χ0v) is 10.5. The number of amides is 2. The summed E-state index contributed by atoms with van der Waals surface area (Å²) < 4.78 is 0. The Morgan fingerprint density at radius 1 is 1.39 bits per heavy atom. The zero-order chi connectivity index (χ0) is 13.3. The highest BCUT2D eigenvalue weighted by Gasteiger charge is 2.31. The lowest BCUT2D eigenvalue weighted by molar-refractivity contribution is -0.121. The predicted octanol–water partition coefficient (Wildman–Crippen LogP) is 0.870. The topological polar surface area (TPSA) is 89.4 Å². The van der Waals surface area contributed by atoms with Crippen molar-refractivity contribution in [3.63, 3.8) is 0 Å². The van der Waals surface area contributed by atoms with Crippen LogP contribution in [0.5, 0.6) is 0 Å². The van der Waals surface area contributed by atoms with E-state index >= 15 is 0 Å². The largest absolute Gasteiger partial charge is 0.398 e. The maximum atomic E-state index is 12.2. The minimum Gasteiger partial charge on any atom is -0.398 e. The number of hydrogen-bond acceptors (Lipinski definition) is 3. The van der Waals surface area contributed by atoms with Gasteiger partial charge in [0.15, 0.2) is 0 Å². The Bertz CT molecular complexity index is 504. The van der Waals surface area contributed by atoms with Crippen LogP contribution in [-0.2, 0) is 4.79 Å². The lowest BCUT2D eigenvalue weighted by Crippen LogP contribution is -2.32. The molecule has 2 amide bonds. The Morgan fingerprint density at radius 3 is 2.72 bits per heavy atom. The molecule has 1 atom stereocenters. The van der Waals surface area contributed by atoms with Crippen LogP contribution in [0, 0.1) is 5.92 Å². The van der Waals surface area contributed by atoms with Gasteiger partial charge in [-0.15, -0.1) is 0 Å². The maximum absolute atomic E-state index is 12.2. The molecule has 0 spiro atoms. The number of nitrogens with zero attached hydrogens (tertiary/aromatic N) is 1. The van der Waals surface area contributed by atoms with Gasteiger partial charge >= 0.3 is 0 Å². The molecule has 18 heavy (non-hydrogen) atoms. The van der Waals surface area contributed by atoms with E-state index in [0.717, 1.165) is 0 Å². The summed E-state index contributed by atoms with van der Waals surface area (Å²) >= 11 is 6.00. The van der Waals surface area contributed by atoms with E-state index in [4.69, 9.17) is 23.1 Å². The third kappa shape index (κ3) is 2.26. The van der Waals surface area contributed by atoms with Crippen molar-refractivity contribution in [3.8, 4) is 0 Å². The number of primary amides is 1. The number of likely N-dealkylation sites (tertiary alicyclic amines) is 1. The molecule has 1 fully saturated rings. The molecule has 2 rings (SSSR count). The van der Waals surface area contributed by atoms with E-state index in [9.17, 15) is 9.59 Å². The average molecular weight is 268 g/mol. The molecule has 1 aromatic rings. The second-order valence-corrected chi connectivity index (χ2v) is 4.73. The molecule has 1 aliphatic heterocycles. The van der Waals surface area contributed by atoms with Crippen molar-refractivity contribution in [1.29, 1.82) is 0 Å². The van der Waals surface area contributed by atoms with Crippen LogP contribution < -0.4 is 11.5 Å². The van der Waals surface area contributed by atoms with Crippen molar-refractivity contribution in [3.05, 3.63) is 28.8 Å². The first-order chi connectivity index (χ1) is 8.50. The average Bonchev–Trinajstić information content (AvgIpc) is 2.81. The molecule has 1 heterocycles. The molecular weight excluding hydrogens is 254 g/mol. The van der Waals surface area contributed by atoms with Gasteiger partial charge in [0.05, 0.1) is 22.2 Å². The van der Waals surface area contributed by atoms with E-state index in [1.165, 1.54) is 0 Å². The molecule has 0 radical (unpaired) electrons. The van der Waals surface area contributed by atoms with Crippen molar-refractivity contribution in [2.75, 3.05) is 18.8 Å². The van der Waals surface area contributed by atoms with Gasteiger partial charge in [-0.3, -0.25) is 9.59 Å². The summed E-state index contributed by atoms with van der Waals surface area (Å²) in [6.45, 7) is 0.858. The van der Waals surface area contributed by atoms with Crippen LogP contribution in [0.4, 0.5) is 5.69 Å². The fraction of sp³-hybridized carbons (Fsp3) is 0.333.